The largest absolute Gasteiger partial charge is 0.482 e. The lowest BCUT2D eigenvalue weighted by atomic mass is 10.1. The molecule has 1 saturated heterocycles. The average molecular weight is 428 g/mol. The monoisotopic (exact) mass is 427 g/mol. The Morgan fingerprint density at radius 1 is 1.10 bits per heavy atom. The topological polar surface area (TPSA) is 61.9 Å². The fourth-order valence-corrected chi connectivity index (χ4v) is 3.85. The SMILES string of the molecule is CC(=O)Nc1ccc(C)cc1OCC(=O)N1C[C@H](C)N(Cc2ccc(F)cc2)C[C@H]1C. The first-order valence-corrected chi connectivity index (χ1v) is 10.5. The highest BCUT2D eigenvalue weighted by atomic mass is 19.1. The lowest BCUT2D eigenvalue weighted by molar-refractivity contribution is -0.139. The van der Waals surface area contributed by atoms with Gasteiger partial charge in [-0.15, -0.1) is 0 Å². The third kappa shape index (κ3) is 6.04. The number of piperazine rings is 1. The van der Waals surface area contributed by atoms with Crippen LogP contribution in [0.25, 0.3) is 0 Å². The summed E-state index contributed by atoms with van der Waals surface area (Å²) in [5.74, 6) is -0.0362. The Balaban J connectivity index is 1.60. The Morgan fingerprint density at radius 3 is 2.48 bits per heavy atom. The summed E-state index contributed by atoms with van der Waals surface area (Å²) in [4.78, 5) is 28.5. The van der Waals surface area contributed by atoms with Gasteiger partial charge in [-0.3, -0.25) is 14.5 Å². The van der Waals surface area contributed by atoms with Gasteiger partial charge in [0.25, 0.3) is 5.91 Å². The van der Waals surface area contributed by atoms with Crippen LogP contribution in [0, 0.1) is 12.7 Å². The summed E-state index contributed by atoms with van der Waals surface area (Å²) in [6.07, 6.45) is 0. The van der Waals surface area contributed by atoms with Gasteiger partial charge in [-0.2, -0.15) is 0 Å². The van der Waals surface area contributed by atoms with Crippen LogP contribution < -0.4 is 10.1 Å². The molecule has 0 spiro atoms. The van der Waals surface area contributed by atoms with E-state index in [-0.39, 0.29) is 36.3 Å². The van der Waals surface area contributed by atoms with Crippen LogP contribution in [0.5, 0.6) is 5.75 Å². The molecule has 1 aliphatic rings. The molecule has 7 heteroatoms. The predicted octanol–water partition coefficient (Wildman–Crippen LogP) is 3.59. The molecule has 1 fully saturated rings. The van der Waals surface area contributed by atoms with Gasteiger partial charge in [-0.25, -0.2) is 4.39 Å². The smallest absolute Gasteiger partial charge is 0.260 e. The molecule has 2 atom stereocenters. The molecule has 3 rings (SSSR count). The molecule has 0 aromatic heterocycles. The summed E-state index contributed by atoms with van der Waals surface area (Å²) in [6.45, 7) is 9.42. The highest BCUT2D eigenvalue weighted by Crippen LogP contribution is 2.26. The van der Waals surface area contributed by atoms with Crippen molar-refractivity contribution in [2.45, 2.75) is 46.3 Å². The van der Waals surface area contributed by atoms with Crippen LogP contribution in [0.4, 0.5) is 10.1 Å². The van der Waals surface area contributed by atoms with Crippen LogP contribution in [0.1, 0.15) is 31.9 Å². The number of amides is 2. The zero-order valence-corrected chi connectivity index (χ0v) is 18.5. The van der Waals surface area contributed by atoms with Crippen molar-refractivity contribution in [2.75, 3.05) is 25.0 Å². The Labute approximate surface area is 183 Å². The molecule has 0 unspecified atom stereocenters. The number of hydrogen-bond acceptors (Lipinski definition) is 4. The van der Waals surface area contributed by atoms with Crippen molar-refractivity contribution in [2.24, 2.45) is 0 Å². The number of halogens is 1. The molecule has 1 aliphatic heterocycles. The van der Waals surface area contributed by atoms with Crippen molar-refractivity contribution in [3.05, 3.63) is 59.4 Å². The third-order valence-electron chi connectivity index (χ3n) is 5.53. The molecule has 0 aliphatic carbocycles. The van der Waals surface area contributed by atoms with Crippen LogP contribution in [-0.2, 0) is 16.1 Å². The van der Waals surface area contributed by atoms with Crippen molar-refractivity contribution in [3.8, 4) is 5.75 Å². The number of rotatable bonds is 6. The van der Waals surface area contributed by atoms with Crippen molar-refractivity contribution >= 4 is 17.5 Å². The molecule has 166 valence electrons. The second kappa shape index (κ2) is 9.92. The third-order valence-corrected chi connectivity index (χ3v) is 5.53. The molecule has 6 nitrogen and oxygen atoms in total. The van der Waals surface area contributed by atoms with Crippen molar-refractivity contribution in [3.63, 3.8) is 0 Å². The molecule has 1 N–H and O–H groups in total. The van der Waals surface area contributed by atoms with Gasteiger partial charge < -0.3 is 15.0 Å². The first-order chi connectivity index (χ1) is 14.7. The molecule has 2 amide bonds. The molecule has 0 radical (unpaired) electrons. The van der Waals surface area contributed by atoms with Gasteiger partial charge in [0.2, 0.25) is 5.91 Å². The predicted molar refractivity (Wildman–Crippen MR) is 118 cm³/mol. The number of benzene rings is 2. The minimum absolute atomic E-state index is 0.0278. The van der Waals surface area contributed by atoms with Gasteiger partial charge >= 0.3 is 0 Å². The van der Waals surface area contributed by atoms with E-state index < -0.39 is 0 Å². The number of aryl methyl sites for hydroxylation is 1. The van der Waals surface area contributed by atoms with Crippen molar-refractivity contribution in [1.82, 2.24) is 9.80 Å². The lowest BCUT2D eigenvalue weighted by Crippen LogP contribution is -2.58. The number of carbonyl (C=O) groups is 2. The molecular weight excluding hydrogens is 397 g/mol. The van der Waals surface area contributed by atoms with Crippen LogP contribution in [0.2, 0.25) is 0 Å². The van der Waals surface area contributed by atoms with Gasteiger partial charge in [0, 0.05) is 38.6 Å². The zero-order chi connectivity index (χ0) is 22.5. The highest BCUT2D eigenvalue weighted by molar-refractivity contribution is 5.90. The minimum Gasteiger partial charge on any atom is -0.482 e. The quantitative estimate of drug-likeness (QED) is 0.765. The second-order valence-corrected chi connectivity index (χ2v) is 8.27. The van der Waals surface area contributed by atoms with Gasteiger partial charge in [-0.05, 0) is 56.2 Å². The summed E-state index contributed by atoms with van der Waals surface area (Å²) >= 11 is 0. The number of anilines is 1. The lowest BCUT2D eigenvalue weighted by Gasteiger charge is -2.44. The van der Waals surface area contributed by atoms with E-state index in [2.05, 4.69) is 17.1 Å². The Kier molecular flexibility index (Phi) is 7.28. The number of nitrogens with one attached hydrogen (secondary N) is 1. The molecule has 1 heterocycles. The summed E-state index contributed by atoms with van der Waals surface area (Å²) < 4.78 is 19.0. The van der Waals surface area contributed by atoms with E-state index in [0.29, 0.717) is 24.5 Å². The standard InChI is InChI=1S/C24H30FN3O3/c1-16-5-10-22(26-19(4)29)23(11-16)31-15-24(30)28-13-17(2)27(12-18(28)3)14-20-6-8-21(25)9-7-20/h5-11,17-18H,12-15H2,1-4H3,(H,26,29)/t17-,18+/m0/s1. The maximum Gasteiger partial charge on any atom is 0.260 e. The van der Waals surface area contributed by atoms with Crippen LogP contribution in [0.3, 0.4) is 0 Å². The molecule has 31 heavy (non-hydrogen) atoms. The van der Waals surface area contributed by atoms with E-state index in [9.17, 15) is 14.0 Å². The summed E-state index contributed by atoms with van der Waals surface area (Å²) in [6, 6.07) is 12.2. The summed E-state index contributed by atoms with van der Waals surface area (Å²) in [5.41, 5.74) is 2.58. The van der Waals surface area contributed by atoms with Gasteiger partial charge in [0.15, 0.2) is 6.61 Å². The normalized spacial score (nSPS) is 19.2. The average Bonchev–Trinajstić information content (AvgIpc) is 2.71. The van der Waals surface area contributed by atoms with E-state index in [0.717, 1.165) is 17.7 Å². The number of carbonyl (C=O) groups excluding carboxylic acids is 2. The summed E-state index contributed by atoms with van der Waals surface area (Å²) in [5, 5.41) is 2.73. The van der Waals surface area contributed by atoms with Crippen LogP contribution in [0.15, 0.2) is 42.5 Å². The Hall–Kier alpha value is -2.93. The maximum atomic E-state index is 13.2. The highest BCUT2D eigenvalue weighted by Gasteiger charge is 2.32. The zero-order valence-electron chi connectivity index (χ0n) is 18.5. The first-order valence-electron chi connectivity index (χ1n) is 10.5. The first kappa shape index (κ1) is 22.7. The summed E-state index contributed by atoms with van der Waals surface area (Å²) in [7, 11) is 0. The molecule has 2 aromatic carbocycles. The van der Waals surface area contributed by atoms with E-state index in [1.54, 1.807) is 18.2 Å². The Bertz CT molecular complexity index is 932. The fourth-order valence-electron chi connectivity index (χ4n) is 3.85. The molecule has 0 bridgehead atoms. The van der Waals surface area contributed by atoms with Crippen LogP contribution in [-0.4, -0.2) is 53.4 Å². The molecule has 2 aromatic rings. The van der Waals surface area contributed by atoms with Crippen LogP contribution >= 0.6 is 0 Å². The fraction of sp³-hybridized carbons (Fsp3) is 0.417. The van der Waals surface area contributed by atoms with E-state index in [4.69, 9.17) is 4.74 Å². The maximum absolute atomic E-state index is 13.2. The number of ether oxygens (including phenoxy) is 1. The van der Waals surface area contributed by atoms with Gasteiger partial charge in [-0.1, -0.05) is 18.2 Å². The molecular formula is C24H30FN3O3. The van der Waals surface area contributed by atoms with Gasteiger partial charge in [0.05, 0.1) is 5.69 Å². The van der Waals surface area contributed by atoms with Gasteiger partial charge in [0.1, 0.15) is 11.6 Å². The van der Waals surface area contributed by atoms with Crippen molar-refractivity contribution < 1.29 is 18.7 Å². The molecule has 0 saturated carbocycles. The minimum atomic E-state index is -0.240. The van der Waals surface area contributed by atoms with E-state index >= 15 is 0 Å². The van der Waals surface area contributed by atoms with E-state index in [1.807, 2.05) is 30.9 Å². The Morgan fingerprint density at radius 2 is 1.81 bits per heavy atom. The number of nitrogens with zero attached hydrogens (tertiary/aromatic N) is 2. The number of hydrogen-bond donors (Lipinski definition) is 1. The second-order valence-electron chi connectivity index (χ2n) is 8.27. The van der Waals surface area contributed by atoms with Crippen molar-refractivity contribution in [1.29, 1.82) is 0 Å². The van der Waals surface area contributed by atoms with E-state index in [1.165, 1.54) is 19.1 Å².